The molecule has 1 N–H and O–H groups in total. The van der Waals surface area contributed by atoms with Crippen LogP contribution in [0, 0.1) is 5.92 Å². The number of carbonyl (C=O) groups is 1. The van der Waals surface area contributed by atoms with E-state index >= 15 is 0 Å². The number of hydrogen-bond donors (Lipinski definition) is 1. The third-order valence-corrected chi connectivity index (χ3v) is 3.94. The molecule has 3 heterocycles. The van der Waals surface area contributed by atoms with Crippen molar-refractivity contribution >= 4 is 22.7 Å². The summed E-state index contributed by atoms with van der Waals surface area (Å²) >= 11 is 0. The molecule has 3 aromatic rings. The van der Waals surface area contributed by atoms with Crippen LogP contribution in [-0.4, -0.2) is 39.1 Å². The van der Waals surface area contributed by atoms with Crippen LogP contribution < -0.4 is 5.32 Å². The van der Waals surface area contributed by atoms with E-state index in [-0.39, 0.29) is 5.97 Å². The average molecular weight is 351 g/mol. The molecular weight excluding hydrogens is 330 g/mol. The highest BCUT2D eigenvalue weighted by atomic mass is 16.5. The summed E-state index contributed by atoms with van der Waals surface area (Å²) in [7, 11) is 1.39. The number of aromatic nitrogens is 4. The fourth-order valence-electron chi connectivity index (χ4n) is 2.71. The van der Waals surface area contributed by atoms with Gasteiger partial charge in [-0.15, -0.1) is 0 Å². The zero-order chi connectivity index (χ0) is 18.5. The molecule has 26 heavy (non-hydrogen) atoms. The zero-order valence-corrected chi connectivity index (χ0v) is 15.0. The Morgan fingerprint density at radius 2 is 1.85 bits per heavy atom. The lowest BCUT2D eigenvalue weighted by Crippen LogP contribution is -2.32. The van der Waals surface area contributed by atoms with Crippen LogP contribution in [0.2, 0.25) is 0 Å². The molecule has 7 heteroatoms. The first-order valence-electron chi connectivity index (χ1n) is 8.45. The molecule has 3 rings (SSSR count). The van der Waals surface area contributed by atoms with Crippen molar-refractivity contribution in [2.24, 2.45) is 5.92 Å². The van der Waals surface area contributed by atoms with Crippen molar-refractivity contribution in [3.8, 4) is 11.4 Å². The second-order valence-corrected chi connectivity index (χ2v) is 6.37. The van der Waals surface area contributed by atoms with Crippen molar-refractivity contribution in [1.29, 1.82) is 0 Å². The van der Waals surface area contributed by atoms with Gasteiger partial charge in [0, 0.05) is 29.5 Å². The minimum Gasteiger partial charge on any atom is -0.467 e. The fraction of sp³-hybridized carbons (Fsp3) is 0.316. The van der Waals surface area contributed by atoms with Gasteiger partial charge >= 0.3 is 5.97 Å². The summed E-state index contributed by atoms with van der Waals surface area (Å²) in [5, 5.41) is 4.05. The summed E-state index contributed by atoms with van der Waals surface area (Å²) in [5.74, 6) is 1.13. The molecule has 0 radical (unpaired) electrons. The molecule has 0 amide bonds. The average Bonchev–Trinajstić information content (AvgIpc) is 2.67. The standard InChI is InChI=1S/C19H21N5O2/c1-12(2)10-15(19(25)26-3)22-18-14-6-9-21-11-16(14)23-17(24-18)13-4-7-20-8-5-13/h4-9,11-12,15H,10H2,1-3H3,(H,22,23,24)/t15-/m0/s1. The van der Waals surface area contributed by atoms with Gasteiger partial charge < -0.3 is 10.1 Å². The molecule has 0 unspecified atom stereocenters. The number of carbonyl (C=O) groups excluding carboxylic acids is 1. The Kier molecular flexibility index (Phi) is 5.36. The number of nitrogens with one attached hydrogen (secondary N) is 1. The van der Waals surface area contributed by atoms with Crippen LogP contribution in [-0.2, 0) is 9.53 Å². The quantitative estimate of drug-likeness (QED) is 0.682. The van der Waals surface area contributed by atoms with Crippen molar-refractivity contribution in [2.45, 2.75) is 26.3 Å². The van der Waals surface area contributed by atoms with Gasteiger partial charge in [0.1, 0.15) is 11.9 Å². The highest BCUT2D eigenvalue weighted by Gasteiger charge is 2.22. The van der Waals surface area contributed by atoms with E-state index in [4.69, 9.17) is 4.74 Å². The second kappa shape index (κ2) is 7.86. The van der Waals surface area contributed by atoms with E-state index in [1.165, 1.54) is 7.11 Å². The van der Waals surface area contributed by atoms with Crippen LogP contribution in [0.3, 0.4) is 0 Å². The van der Waals surface area contributed by atoms with Gasteiger partial charge in [0.25, 0.3) is 0 Å². The van der Waals surface area contributed by atoms with E-state index in [1.54, 1.807) is 24.8 Å². The SMILES string of the molecule is COC(=O)[C@H](CC(C)C)Nc1nc(-c2ccncc2)nc2cnccc12. The largest absolute Gasteiger partial charge is 0.467 e. The molecule has 0 fully saturated rings. The lowest BCUT2D eigenvalue weighted by molar-refractivity contribution is -0.141. The molecule has 0 aliphatic carbocycles. The number of hydrogen-bond acceptors (Lipinski definition) is 7. The number of methoxy groups -OCH3 is 1. The number of rotatable bonds is 6. The molecule has 0 aliphatic heterocycles. The predicted molar refractivity (Wildman–Crippen MR) is 99.4 cm³/mol. The van der Waals surface area contributed by atoms with Crippen LogP contribution in [0.5, 0.6) is 0 Å². The fourth-order valence-corrected chi connectivity index (χ4v) is 2.71. The first kappa shape index (κ1) is 17.7. The van der Waals surface area contributed by atoms with E-state index < -0.39 is 6.04 Å². The van der Waals surface area contributed by atoms with Crippen molar-refractivity contribution in [1.82, 2.24) is 19.9 Å². The number of pyridine rings is 2. The smallest absolute Gasteiger partial charge is 0.328 e. The molecule has 0 aromatic carbocycles. The van der Waals surface area contributed by atoms with Crippen molar-refractivity contribution in [2.75, 3.05) is 12.4 Å². The lowest BCUT2D eigenvalue weighted by atomic mass is 10.0. The minimum atomic E-state index is -0.489. The Bertz CT molecular complexity index is 899. The van der Waals surface area contributed by atoms with Crippen LogP contribution in [0.4, 0.5) is 5.82 Å². The number of esters is 1. The summed E-state index contributed by atoms with van der Waals surface area (Å²) in [6.45, 7) is 4.12. The van der Waals surface area contributed by atoms with E-state index in [1.807, 2.05) is 18.2 Å². The molecule has 134 valence electrons. The maximum atomic E-state index is 12.2. The van der Waals surface area contributed by atoms with Crippen molar-refractivity contribution in [3.63, 3.8) is 0 Å². The normalized spacial score (nSPS) is 12.2. The number of ether oxygens (including phenoxy) is 1. The Balaban J connectivity index is 2.07. The lowest BCUT2D eigenvalue weighted by Gasteiger charge is -2.20. The van der Waals surface area contributed by atoms with Crippen LogP contribution in [0.25, 0.3) is 22.3 Å². The van der Waals surface area contributed by atoms with Gasteiger partial charge in [0.2, 0.25) is 0 Å². The van der Waals surface area contributed by atoms with Gasteiger partial charge in [-0.1, -0.05) is 13.8 Å². The van der Waals surface area contributed by atoms with Gasteiger partial charge in [-0.3, -0.25) is 9.97 Å². The van der Waals surface area contributed by atoms with Gasteiger partial charge in [-0.05, 0) is 30.5 Å². The highest BCUT2D eigenvalue weighted by molar-refractivity contribution is 5.91. The van der Waals surface area contributed by atoms with E-state index in [0.29, 0.717) is 29.5 Å². The van der Waals surface area contributed by atoms with Gasteiger partial charge in [-0.2, -0.15) is 0 Å². The third-order valence-electron chi connectivity index (χ3n) is 3.94. The Labute approximate surface area is 151 Å². The number of fused-ring (bicyclic) bond motifs is 1. The molecular formula is C19H21N5O2. The van der Waals surface area contributed by atoms with Gasteiger partial charge in [0.05, 0.1) is 18.8 Å². The Hall–Kier alpha value is -3.09. The summed E-state index contributed by atoms with van der Waals surface area (Å²) in [4.78, 5) is 29.6. The predicted octanol–water partition coefficient (Wildman–Crippen LogP) is 3.09. The topological polar surface area (TPSA) is 89.9 Å². The monoisotopic (exact) mass is 351 g/mol. The van der Waals surface area contributed by atoms with E-state index in [2.05, 4.69) is 39.1 Å². The summed E-state index contributed by atoms with van der Waals surface area (Å²) in [5.41, 5.74) is 1.54. The van der Waals surface area contributed by atoms with Crippen LogP contribution >= 0.6 is 0 Å². The minimum absolute atomic E-state index is 0.315. The van der Waals surface area contributed by atoms with Gasteiger partial charge in [0.15, 0.2) is 5.82 Å². The second-order valence-electron chi connectivity index (χ2n) is 6.37. The molecule has 3 aromatic heterocycles. The molecule has 7 nitrogen and oxygen atoms in total. The summed E-state index contributed by atoms with van der Waals surface area (Å²) < 4.78 is 4.95. The highest BCUT2D eigenvalue weighted by Crippen LogP contribution is 2.25. The van der Waals surface area contributed by atoms with Crippen LogP contribution in [0.1, 0.15) is 20.3 Å². The first-order valence-corrected chi connectivity index (χ1v) is 8.45. The van der Waals surface area contributed by atoms with Gasteiger partial charge in [-0.25, -0.2) is 14.8 Å². The molecule has 0 saturated carbocycles. The first-order chi connectivity index (χ1) is 12.6. The Morgan fingerprint density at radius 3 is 2.54 bits per heavy atom. The molecule has 0 saturated heterocycles. The molecule has 1 atom stereocenters. The Morgan fingerprint density at radius 1 is 1.12 bits per heavy atom. The van der Waals surface area contributed by atoms with Crippen molar-refractivity contribution in [3.05, 3.63) is 43.0 Å². The molecule has 0 aliphatic rings. The number of anilines is 1. The maximum absolute atomic E-state index is 12.2. The maximum Gasteiger partial charge on any atom is 0.328 e. The molecule has 0 bridgehead atoms. The molecule has 0 spiro atoms. The van der Waals surface area contributed by atoms with E-state index in [9.17, 15) is 4.79 Å². The zero-order valence-electron chi connectivity index (χ0n) is 15.0. The van der Waals surface area contributed by atoms with Crippen molar-refractivity contribution < 1.29 is 9.53 Å². The third kappa shape index (κ3) is 3.93. The van der Waals surface area contributed by atoms with E-state index in [0.717, 1.165) is 10.9 Å². The van der Waals surface area contributed by atoms with Crippen LogP contribution in [0.15, 0.2) is 43.0 Å². The summed E-state index contributed by atoms with van der Waals surface area (Å²) in [6, 6.07) is 5.02. The summed E-state index contributed by atoms with van der Waals surface area (Å²) in [6.07, 6.45) is 7.37. The number of nitrogens with zero attached hydrogens (tertiary/aromatic N) is 4.